The average Bonchev–Trinajstić information content (AvgIpc) is 3.05. The lowest BCUT2D eigenvalue weighted by Crippen LogP contribution is -2.36. The van der Waals surface area contributed by atoms with Crippen molar-refractivity contribution in [1.82, 2.24) is 4.98 Å². The number of pyridine rings is 1. The lowest BCUT2D eigenvalue weighted by atomic mass is 9.93. The smallest absolute Gasteiger partial charge is 0.382 e. The van der Waals surface area contributed by atoms with E-state index >= 15 is 0 Å². The minimum Gasteiger partial charge on any atom is -0.382 e. The fourth-order valence-corrected chi connectivity index (χ4v) is 4.44. The van der Waals surface area contributed by atoms with Gasteiger partial charge >= 0.3 is 12.2 Å². The maximum Gasteiger partial charge on any atom is 0.416 e. The molecule has 2 amide bonds. The molecule has 0 radical (unpaired) electrons. The third-order valence-electron chi connectivity index (χ3n) is 6.34. The topological polar surface area (TPSA) is 57.3 Å². The van der Waals surface area contributed by atoms with Crippen molar-refractivity contribution in [3.05, 3.63) is 71.3 Å². The van der Waals surface area contributed by atoms with Gasteiger partial charge in [-0.3, -0.25) is 4.90 Å². The second-order valence-corrected chi connectivity index (χ2v) is 9.63. The molecule has 0 aliphatic carbocycles. The van der Waals surface area contributed by atoms with E-state index in [0.717, 1.165) is 28.9 Å². The van der Waals surface area contributed by atoms with E-state index in [1.807, 2.05) is 18.2 Å². The Bertz CT molecular complexity index is 1230. The molecule has 0 saturated carbocycles. The number of alkyl halides is 3. The first-order valence-electron chi connectivity index (χ1n) is 12.2. The number of hydrogen-bond donors (Lipinski definition) is 2. The number of amides is 2. The molecule has 2 heterocycles. The van der Waals surface area contributed by atoms with Gasteiger partial charge in [0.15, 0.2) is 5.82 Å². The normalized spacial score (nSPS) is 13.9. The number of nitrogens with zero attached hydrogens (tertiary/aromatic N) is 2. The Balaban J connectivity index is 1.73. The van der Waals surface area contributed by atoms with Gasteiger partial charge in [-0.2, -0.15) is 13.2 Å². The van der Waals surface area contributed by atoms with Gasteiger partial charge < -0.3 is 10.6 Å². The first-order valence-corrected chi connectivity index (χ1v) is 12.2. The van der Waals surface area contributed by atoms with Gasteiger partial charge in [0.2, 0.25) is 0 Å². The highest BCUT2D eigenvalue weighted by Gasteiger charge is 2.31. The van der Waals surface area contributed by atoms with Crippen LogP contribution in [0.1, 0.15) is 62.6 Å². The molecule has 0 unspecified atom stereocenters. The molecule has 0 spiro atoms. The van der Waals surface area contributed by atoms with E-state index in [-0.39, 0.29) is 17.9 Å². The number of aromatic nitrogens is 1. The molecule has 0 saturated heterocycles. The van der Waals surface area contributed by atoms with Gasteiger partial charge in [-0.25, -0.2) is 9.78 Å². The second-order valence-electron chi connectivity index (χ2n) is 9.63. The largest absolute Gasteiger partial charge is 0.416 e. The van der Waals surface area contributed by atoms with Gasteiger partial charge in [-0.1, -0.05) is 58.0 Å². The molecule has 1 aliphatic heterocycles. The van der Waals surface area contributed by atoms with E-state index in [9.17, 15) is 18.0 Å². The number of para-hydroxylation sites is 1. The molecule has 4 rings (SSSR count). The molecule has 0 bridgehead atoms. The Morgan fingerprint density at radius 2 is 1.67 bits per heavy atom. The molecule has 0 fully saturated rings. The third kappa shape index (κ3) is 5.32. The SMILES string of the molecule is CC(C)c1cccc(C(C)C)c1NC(=O)N1CCCNc2ccc(-c3cccc(C(F)(F)F)c3)nc21. The van der Waals surface area contributed by atoms with Gasteiger partial charge in [-0.15, -0.1) is 0 Å². The average molecular weight is 497 g/mol. The van der Waals surface area contributed by atoms with Crippen LogP contribution in [-0.2, 0) is 6.18 Å². The quantitative estimate of drug-likeness (QED) is 0.386. The molecule has 3 aromatic rings. The van der Waals surface area contributed by atoms with Crippen molar-refractivity contribution in [3.63, 3.8) is 0 Å². The van der Waals surface area contributed by atoms with Gasteiger partial charge in [0.1, 0.15) is 0 Å². The van der Waals surface area contributed by atoms with Crippen LogP contribution in [-0.4, -0.2) is 24.1 Å². The zero-order valence-corrected chi connectivity index (χ0v) is 20.9. The summed E-state index contributed by atoms with van der Waals surface area (Å²) in [4.78, 5) is 19.9. The number of carbonyl (C=O) groups excluding carboxylic acids is 1. The Hall–Kier alpha value is -3.55. The van der Waals surface area contributed by atoms with Gasteiger partial charge in [-0.05, 0) is 53.6 Å². The second kappa shape index (κ2) is 10.2. The van der Waals surface area contributed by atoms with Gasteiger partial charge in [0.25, 0.3) is 0 Å². The van der Waals surface area contributed by atoms with Crippen molar-refractivity contribution in [1.29, 1.82) is 0 Å². The molecule has 1 aromatic heterocycles. The number of anilines is 3. The lowest BCUT2D eigenvalue weighted by Gasteiger charge is -2.25. The minimum absolute atomic E-state index is 0.211. The van der Waals surface area contributed by atoms with Crippen LogP contribution in [0, 0.1) is 0 Å². The summed E-state index contributed by atoms with van der Waals surface area (Å²) in [5.74, 6) is 0.818. The van der Waals surface area contributed by atoms with Crippen LogP contribution in [0.2, 0.25) is 0 Å². The van der Waals surface area contributed by atoms with E-state index in [1.54, 1.807) is 23.1 Å². The zero-order chi connectivity index (χ0) is 26.0. The summed E-state index contributed by atoms with van der Waals surface area (Å²) < 4.78 is 39.8. The van der Waals surface area contributed by atoms with Gasteiger partial charge in [0.05, 0.1) is 16.9 Å². The summed E-state index contributed by atoms with van der Waals surface area (Å²) in [6.45, 7) is 9.42. The predicted molar refractivity (Wildman–Crippen MR) is 139 cm³/mol. The predicted octanol–water partition coefficient (Wildman–Crippen LogP) is 7.87. The number of halogens is 3. The first kappa shape index (κ1) is 25.5. The maximum atomic E-state index is 13.7. The van der Waals surface area contributed by atoms with Crippen molar-refractivity contribution in [2.75, 3.05) is 28.6 Å². The molecule has 2 N–H and O–H groups in total. The van der Waals surface area contributed by atoms with Crippen molar-refractivity contribution < 1.29 is 18.0 Å². The van der Waals surface area contributed by atoms with Crippen molar-refractivity contribution in [3.8, 4) is 11.3 Å². The Kier molecular flexibility index (Phi) is 7.24. The maximum absolute atomic E-state index is 13.7. The minimum atomic E-state index is -4.45. The van der Waals surface area contributed by atoms with E-state index in [4.69, 9.17) is 0 Å². The molecule has 1 aliphatic rings. The summed E-state index contributed by atoms with van der Waals surface area (Å²) in [6.07, 6.45) is -3.75. The highest BCUT2D eigenvalue weighted by Crippen LogP contribution is 2.36. The Morgan fingerprint density at radius 3 is 2.31 bits per heavy atom. The van der Waals surface area contributed by atoms with Crippen LogP contribution in [0.3, 0.4) is 0 Å². The number of hydrogen-bond acceptors (Lipinski definition) is 3. The zero-order valence-electron chi connectivity index (χ0n) is 20.9. The van der Waals surface area contributed by atoms with E-state index in [0.29, 0.717) is 42.3 Å². The van der Waals surface area contributed by atoms with Crippen molar-refractivity contribution in [2.24, 2.45) is 0 Å². The number of urea groups is 1. The number of nitrogens with one attached hydrogen (secondary N) is 2. The summed E-state index contributed by atoms with van der Waals surface area (Å²) in [7, 11) is 0. The Morgan fingerprint density at radius 1 is 1.00 bits per heavy atom. The molecular weight excluding hydrogens is 465 g/mol. The highest BCUT2D eigenvalue weighted by molar-refractivity contribution is 6.04. The molecule has 2 aromatic carbocycles. The standard InChI is InChI=1S/C28H31F3N4O/c1-17(2)21-10-6-11-22(18(3)4)25(21)34-27(36)35-15-7-14-32-24-13-12-23(33-26(24)35)19-8-5-9-20(16-19)28(29,30)31/h5-6,8-13,16-18,32H,7,14-15H2,1-4H3,(H,34,36). The number of benzene rings is 2. The van der Waals surface area contributed by atoms with Crippen LogP contribution >= 0.6 is 0 Å². The highest BCUT2D eigenvalue weighted by atomic mass is 19.4. The number of rotatable bonds is 4. The molecule has 36 heavy (non-hydrogen) atoms. The molecule has 0 atom stereocenters. The number of fused-ring (bicyclic) bond motifs is 1. The van der Waals surface area contributed by atoms with Crippen LogP contribution in [0.4, 0.5) is 35.2 Å². The summed E-state index contributed by atoms with van der Waals surface area (Å²) in [5, 5.41) is 6.42. The summed E-state index contributed by atoms with van der Waals surface area (Å²) in [5.41, 5.74) is 3.54. The molecule has 8 heteroatoms. The fourth-order valence-electron chi connectivity index (χ4n) is 4.44. The van der Waals surface area contributed by atoms with E-state index < -0.39 is 11.7 Å². The molecule has 190 valence electrons. The van der Waals surface area contributed by atoms with Crippen LogP contribution in [0.5, 0.6) is 0 Å². The first-order chi connectivity index (χ1) is 17.1. The van der Waals surface area contributed by atoms with Crippen LogP contribution < -0.4 is 15.5 Å². The summed E-state index contributed by atoms with van der Waals surface area (Å²) in [6, 6.07) is 14.2. The fraction of sp³-hybridized carbons (Fsp3) is 0.357. The third-order valence-corrected chi connectivity index (χ3v) is 6.34. The monoisotopic (exact) mass is 496 g/mol. The van der Waals surface area contributed by atoms with E-state index in [2.05, 4.69) is 43.3 Å². The molecule has 5 nitrogen and oxygen atoms in total. The molecular formula is C28H31F3N4O. The van der Waals surface area contributed by atoms with E-state index in [1.165, 1.54) is 6.07 Å². The van der Waals surface area contributed by atoms with Crippen LogP contribution in [0.15, 0.2) is 54.6 Å². The number of carbonyl (C=O) groups is 1. The Labute approximate surface area is 209 Å². The van der Waals surface area contributed by atoms with Gasteiger partial charge in [0, 0.05) is 24.3 Å². The van der Waals surface area contributed by atoms with Crippen molar-refractivity contribution in [2.45, 2.75) is 52.1 Å². The summed E-state index contributed by atoms with van der Waals surface area (Å²) >= 11 is 0. The van der Waals surface area contributed by atoms with Crippen LogP contribution in [0.25, 0.3) is 11.3 Å². The lowest BCUT2D eigenvalue weighted by molar-refractivity contribution is -0.137. The van der Waals surface area contributed by atoms with Crippen molar-refractivity contribution >= 4 is 23.2 Å².